The summed E-state index contributed by atoms with van der Waals surface area (Å²) in [5.74, 6) is 0. The fraction of sp³-hybridized carbons (Fsp3) is 0.812. The number of aromatic nitrogens is 1. The molecule has 1 aromatic rings. The lowest BCUT2D eigenvalue weighted by atomic mass is 10.2. The van der Waals surface area contributed by atoms with Gasteiger partial charge in [-0.2, -0.15) is 0 Å². The van der Waals surface area contributed by atoms with Crippen LogP contribution in [0.4, 0.5) is 5.13 Å². The summed E-state index contributed by atoms with van der Waals surface area (Å²) in [6, 6.07) is 0.761. The van der Waals surface area contributed by atoms with E-state index in [9.17, 15) is 0 Å². The molecule has 132 valence electrons. The molecule has 1 atom stereocenters. The second kappa shape index (κ2) is 9.18. The molecule has 3 heterocycles. The van der Waals surface area contributed by atoms with Crippen LogP contribution in [0.2, 0.25) is 0 Å². The third-order valence-electron chi connectivity index (χ3n) is 4.87. The molecule has 2 aliphatic rings. The van der Waals surface area contributed by atoms with E-state index in [2.05, 4.69) is 45.0 Å². The van der Waals surface area contributed by atoms with E-state index in [1.54, 1.807) is 0 Å². The van der Waals surface area contributed by atoms with Crippen LogP contribution < -0.4 is 10.2 Å². The van der Waals surface area contributed by atoms with E-state index in [-0.39, 0.29) is 12.4 Å². The minimum atomic E-state index is 0. The summed E-state index contributed by atoms with van der Waals surface area (Å²) < 4.78 is 0. The molecule has 0 bridgehead atoms. The second-order valence-corrected chi connectivity index (χ2v) is 7.34. The van der Waals surface area contributed by atoms with Gasteiger partial charge in [0.2, 0.25) is 0 Å². The van der Waals surface area contributed by atoms with Crippen molar-refractivity contribution in [3.05, 3.63) is 11.1 Å². The maximum atomic E-state index is 4.61. The van der Waals surface area contributed by atoms with E-state index < -0.39 is 0 Å². The van der Waals surface area contributed by atoms with E-state index in [4.69, 9.17) is 0 Å². The minimum Gasteiger partial charge on any atom is -0.349 e. The van der Waals surface area contributed by atoms with Crippen molar-refractivity contribution in [3.8, 4) is 0 Å². The van der Waals surface area contributed by atoms with E-state index in [0.717, 1.165) is 38.8 Å². The zero-order valence-electron chi connectivity index (χ0n) is 14.3. The number of hydrogen-bond acceptors (Lipinski definition) is 6. The highest BCUT2D eigenvalue weighted by Crippen LogP contribution is 2.25. The summed E-state index contributed by atoms with van der Waals surface area (Å²) in [5.41, 5.74) is 0. The minimum absolute atomic E-state index is 0. The number of nitrogens with one attached hydrogen (secondary N) is 1. The zero-order valence-corrected chi connectivity index (χ0v) is 16.0. The molecule has 7 heteroatoms. The Morgan fingerprint density at radius 1 is 1.26 bits per heavy atom. The topological polar surface area (TPSA) is 34.6 Å². The van der Waals surface area contributed by atoms with Gasteiger partial charge in [0.05, 0.1) is 0 Å². The first-order valence-electron chi connectivity index (χ1n) is 8.67. The molecule has 1 N–H and O–H groups in total. The Morgan fingerprint density at radius 3 is 2.70 bits per heavy atom. The van der Waals surface area contributed by atoms with E-state index in [0.29, 0.717) is 0 Å². The van der Waals surface area contributed by atoms with Gasteiger partial charge in [0, 0.05) is 76.0 Å². The van der Waals surface area contributed by atoms with Crippen molar-refractivity contribution < 1.29 is 0 Å². The van der Waals surface area contributed by atoms with Gasteiger partial charge in [0.15, 0.2) is 5.13 Å². The summed E-state index contributed by atoms with van der Waals surface area (Å²) in [6.07, 6.45) is 3.40. The van der Waals surface area contributed by atoms with Crippen molar-refractivity contribution in [2.24, 2.45) is 0 Å². The van der Waals surface area contributed by atoms with Crippen LogP contribution >= 0.6 is 23.7 Å². The molecule has 23 heavy (non-hydrogen) atoms. The maximum Gasteiger partial charge on any atom is 0.185 e. The smallest absolute Gasteiger partial charge is 0.185 e. The number of rotatable bonds is 6. The first-order valence-corrected chi connectivity index (χ1v) is 9.48. The molecular weight excluding hydrogens is 330 g/mol. The number of anilines is 1. The van der Waals surface area contributed by atoms with E-state index >= 15 is 0 Å². The molecular formula is C16H30ClN5S. The van der Waals surface area contributed by atoms with Gasteiger partial charge >= 0.3 is 0 Å². The van der Waals surface area contributed by atoms with Crippen LogP contribution in [-0.4, -0.2) is 73.2 Å². The lowest BCUT2D eigenvalue weighted by Crippen LogP contribution is -2.49. The molecule has 1 aromatic heterocycles. The van der Waals surface area contributed by atoms with Gasteiger partial charge in [0.1, 0.15) is 0 Å². The summed E-state index contributed by atoms with van der Waals surface area (Å²) in [6.45, 7) is 14.7. The van der Waals surface area contributed by atoms with Gasteiger partial charge in [-0.15, -0.1) is 23.7 Å². The molecule has 0 saturated carbocycles. The normalized spacial score (nSPS) is 23.0. The van der Waals surface area contributed by atoms with E-state index in [1.165, 1.54) is 42.6 Å². The van der Waals surface area contributed by atoms with Crippen LogP contribution in [0.1, 0.15) is 25.1 Å². The van der Waals surface area contributed by atoms with Crippen LogP contribution in [0.3, 0.4) is 0 Å². The Balaban J connectivity index is 0.00000192. The SMILES string of the molecule is CCN(CC)c1ncc(CN2CCC(N3CCNCC3)C2)s1.Cl. The van der Waals surface area contributed by atoms with Gasteiger partial charge in [-0.1, -0.05) is 0 Å². The molecule has 2 aliphatic heterocycles. The summed E-state index contributed by atoms with van der Waals surface area (Å²) in [5, 5.41) is 4.63. The van der Waals surface area contributed by atoms with Crippen molar-refractivity contribution >= 4 is 28.9 Å². The molecule has 1 unspecified atom stereocenters. The molecule has 0 aliphatic carbocycles. The average Bonchev–Trinajstić information content (AvgIpc) is 3.20. The van der Waals surface area contributed by atoms with Crippen LogP contribution in [0.5, 0.6) is 0 Å². The first kappa shape index (κ1) is 18.9. The standard InChI is InChI=1S/C16H29N5S.ClH/c1-3-20(4-2)16-18-11-15(22-16)13-19-8-5-14(12-19)21-9-6-17-7-10-21;/h11,14,17H,3-10,12-13H2,1-2H3;1H. The van der Waals surface area contributed by atoms with Gasteiger partial charge < -0.3 is 10.2 Å². The number of halogens is 1. The fourth-order valence-electron chi connectivity index (χ4n) is 3.53. The van der Waals surface area contributed by atoms with Crippen LogP contribution in [0.25, 0.3) is 0 Å². The summed E-state index contributed by atoms with van der Waals surface area (Å²) in [7, 11) is 0. The Kier molecular flexibility index (Phi) is 7.56. The van der Waals surface area contributed by atoms with Crippen LogP contribution in [-0.2, 0) is 6.54 Å². The molecule has 3 rings (SSSR count). The number of thiazole rings is 1. The lowest BCUT2D eigenvalue weighted by molar-refractivity contribution is 0.170. The molecule has 2 fully saturated rings. The van der Waals surface area contributed by atoms with Gasteiger partial charge in [-0.3, -0.25) is 9.80 Å². The Labute approximate surface area is 150 Å². The monoisotopic (exact) mass is 359 g/mol. The summed E-state index contributed by atoms with van der Waals surface area (Å²) >= 11 is 1.86. The first-order chi connectivity index (χ1) is 10.8. The number of hydrogen-bond donors (Lipinski definition) is 1. The van der Waals surface area contributed by atoms with Crippen molar-refractivity contribution in [2.75, 3.05) is 57.3 Å². The van der Waals surface area contributed by atoms with Crippen molar-refractivity contribution in [3.63, 3.8) is 0 Å². The van der Waals surface area contributed by atoms with Crippen molar-refractivity contribution in [1.82, 2.24) is 20.1 Å². The number of nitrogens with zero attached hydrogens (tertiary/aromatic N) is 4. The molecule has 2 saturated heterocycles. The molecule has 0 aromatic carbocycles. The predicted octanol–water partition coefficient (Wildman–Crippen LogP) is 1.89. The van der Waals surface area contributed by atoms with Crippen LogP contribution in [0.15, 0.2) is 6.20 Å². The number of likely N-dealkylation sites (tertiary alicyclic amines) is 1. The Hall–Kier alpha value is -0.400. The van der Waals surface area contributed by atoms with Gasteiger partial charge in [-0.25, -0.2) is 4.98 Å². The largest absolute Gasteiger partial charge is 0.349 e. The Morgan fingerprint density at radius 2 is 2.00 bits per heavy atom. The van der Waals surface area contributed by atoms with Crippen molar-refractivity contribution in [2.45, 2.75) is 32.9 Å². The molecule has 0 spiro atoms. The van der Waals surface area contributed by atoms with Gasteiger partial charge in [0.25, 0.3) is 0 Å². The number of piperazine rings is 1. The van der Waals surface area contributed by atoms with Gasteiger partial charge in [-0.05, 0) is 20.3 Å². The average molecular weight is 360 g/mol. The molecule has 0 radical (unpaired) electrons. The summed E-state index contributed by atoms with van der Waals surface area (Å²) in [4.78, 5) is 13.6. The predicted molar refractivity (Wildman–Crippen MR) is 101 cm³/mol. The zero-order chi connectivity index (χ0) is 15.4. The second-order valence-electron chi connectivity index (χ2n) is 6.25. The quantitative estimate of drug-likeness (QED) is 0.839. The maximum absolute atomic E-state index is 4.61. The van der Waals surface area contributed by atoms with E-state index in [1.807, 2.05) is 11.3 Å². The van der Waals surface area contributed by atoms with Crippen LogP contribution in [0, 0.1) is 0 Å². The molecule has 0 amide bonds. The van der Waals surface area contributed by atoms with Crippen molar-refractivity contribution in [1.29, 1.82) is 0 Å². The third-order valence-corrected chi connectivity index (χ3v) is 5.91. The third kappa shape index (κ3) is 4.79. The fourth-order valence-corrected chi connectivity index (χ4v) is 4.61. The highest BCUT2D eigenvalue weighted by molar-refractivity contribution is 7.15. The Bertz CT molecular complexity index is 459. The highest BCUT2D eigenvalue weighted by Gasteiger charge is 2.28. The highest BCUT2D eigenvalue weighted by atomic mass is 35.5. The lowest BCUT2D eigenvalue weighted by Gasteiger charge is -2.32. The molecule has 5 nitrogen and oxygen atoms in total.